The van der Waals surface area contributed by atoms with E-state index in [4.69, 9.17) is 20.9 Å². The van der Waals surface area contributed by atoms with Crippen LogP contribution in [0, 0.1) is 24.0 Å². The molecule has 51 heavy (non-hydrogen) atoms. The third kappa shape index (κ3) is 4.53. The van der Waals surface area contributed by atoms with Crippen LogP contribution in [0.5, 0.6) is 11.9 Å². The molecule has 4 unspecified atom stereocenters. The van der Waals surface area contributed by atoms with Crippen LogP contribution < -0.4 is 14.4 Å². The Balaban J connectivity index is 1.28. The molecule has 4 aromatic rings. The molecule has 0 aliphatic carbocycles. The van der Waals surface area contributed by atoms with Crippen molar-refractivity contribution in [3.63, 3.8) is 0 Å². The highest BCUT2D eigenvalue weighted by molar-refractivity contribution is 6.03. The van der Waals surface area contributed by atoms with Crippen molar-refractivity contribution in [1.29, 1.82) is 0 Å². The molecule has 2 aromatic heterocycles. The Morgan fingerprint density at radius 1 is 1.16 bits per heavy atom. The summed E-state index contributed by atoms with van der Waals surface area (Å²) in [5.74, 6) is 0.423. The van der Waals surface area contributed by atoms with Crippen molar-refractivity contribution >= 4 is 33.6 Å². The van der Waals surface area contributed by atoms with E-state index >= 15 is 17.6 Å². The van der Waals surface area contributed by atoms with E-state index in [0.717, 1.165) is 37.9 Å². The van der Waals surface area contributed by atoms with E-state index in [9.17, 15) is 9.90 Å². The Kier molecular flexibility index (Phi) is 7.12. The Hall–Kier alpha value is -5.16. The van der Waals surface area contributed by atoms with E-state index in [1.54, 1.807) is 17.0 Å². The number of rotatable bonds is 5. The average molecular weight is 701 g/mol. The topological polar surface area (TPSA) is 104 Å². The fourth-order valence-corrected chi connectivity index (χ4v) is 9.25. The minimum Gasteiger partial charge on any atom is -0.465 e. The maximum Gasteiger partial charge on any atom is 0.407 e. The van der Waals surface area contributed by atoms with E-state index < -0.39 is 53.9 Å². The molecule has 0 radical (unpaired) electrons. The van der Waals surface area contributed by atoms with Crippen LogP contribution in [0.1, 0.15) is 37.7 Å². The second-order valence-corrected chi connectivity index (χ2v) is 13.9. The number of ether oxygens (including phenoxy) is 2. The van der Waals surface area contributed by atoms with Gasteiger partial charge < -0.3 is 19.5 Å². The molecule has 4 fully saturated rings. The number of hydrogen-bond acceptors (Lipinski definition) is 8. The lowest BCUT2D eigenvalue weighted by atomic mass is 9.91. The Morgan fingerprint density at radius 3 is 2.78 bits per heavy atom. The number of halogens is 4. The minimum absolute atomic E-state index is 0.0110. The number of terminal acetylenes is 1. The molecule has 1 amide bonds. The van der Waals surface area contributed by atoms with E-state index in [0.29, 0.717) is 18.2 Å². The highest BCUT2D eigenvalue weighted by Crippen LogP contribution is 2.48. The van der Waals surface area contributed by atoms with Gasteiger partial charge in [-0.3, -0.25) is 9.80 Å². The fourth-order valence-electron chi connectivity index (χ4n) is 9.25. The first-order chi connectivity index (χ1) is 24.6. The summed E-state index contributed by atoms with van der Waals surface area (Å²) in [5.41, 5.74) is -0.0487. The third-order valence-corrected chi connectivity index (χ3v) is 11.5. The quantitative estimate of drug-likeness (QED) is 0.153. The first kappa shape index (κ1) is 31.8. The molecule has 5 aliphatic rings. The lowest BCUT2D eigenvalue weighted by Crippen LogP contribution is -2.66. The molecular formula is C37H32F4N6O4. The summed E-state index contributed by atoms with van der Waals surface area (Å²) in [5, 5.41) is 10.8. The summed E-state index contributed by atoms with van der Waals surface area (Å²) >= 11 is 0. The largest absolute Gasteiger partial charge is 0.465 e. The molecule has 0 spiro atoms. The number of hydrogen-bond donors (Lipinski definition) is 1. The normalized spacial score (nSPS) is 26.7. The van der Waals surface area contributed by atoms with Crippen LogP contribution >= 0.6 is 0 Å². The van der Waals surface area contributed by atoms with Crippen molar-refractivity contribution in [3.05, 3.63) is 59.7 Å². The lowest BCUT2D eigenvalue weighted by molar-refractivity contribution is -0.0268. The van der Waals surface area contributed by atoms with Crippen molar-refractivity contribution < 1.29 is 36.9 Å². The molecule has 7 heterocycles. The summed E-state index contributed by atoms with van der Waals surface area (Å²) in [6, 6.07) is 4.79. The number of piperazine rings is 1. The van der Waals surface area contributed by atoms with Gasteiger partial charge in [0, 0.05) is 24.0 Å². The summed E-state index contributed by atoms with van der Waals surface area (Å²) in [6.45, 7) is 6.19. The smallest absolute Gasteiger partial charge is 0.407 e. The standard InChI is InChI=1S/C37H32F4N6O4/c1-3-21-23(38)10-8-19-6-4-7-22(25(19)21)28-27(39)29-26-33(44-35(43-29)50-17-37-13-5-14-45(37)15-12-18(37)2)46-16-20-9-11-24(47(20)36(48)49)30(46)31(32(40)41)51-34(26)42-28/h1,4,6-8,10,20,24,30-32H,2,5,9,11-17H2,(H,48,49)/t20?,24?,30?,31?,37-/m0/s1. The molecule has 5 atom stereocenters. The number of aromatic nitrogens is 3. The maximum absolute atomic E-state index is 17.2. The van der Waals surface area contributed by atoms with Crippen LogP contribution in [0.4, 0.5) is 28.2 Å². The van der Waals surface area contributed by atoms with Gasteiger partial charge in [0.1, 0.15) is 34.8 Å². The number of fused-ring (bicyclic) bond motifs is 7. The first-order valence-corrected chi connectivity index (χ1v) is 17.0. The summed E-state index contributed by atoms with van der Waals surface area (Å²) in [7, 11) is 0. The van der Waals surface area contributed by atoms with Crippen molar-refractivity contribution in [2.24, 2.45) is 0 Å². The molecule has 5 aliphatic heterocycles. The van der Waals surface area contributed by atoms with E-state index in [2.05, 4.69) is 27.4 Å². The number of carboxylic acid groups (broad SMARTS) is 1. The Morgan fingerprint density at radius 2 is 2.00 bits per heavy atom. The highest BCUT2D eigenvalue weighted by atomic mass is 19.3. The number of alkyl halides is 2. The number of nitrogens with zero attached hydrogens (tertiary/aromatic N) is 6. The molecule has 10 nitrogen and oxygen atoms in total. The van der Waals surface area contributed by atoms with Crippen LogP contribution in [0.2, 0.25) is 0 Å². The summed E-state index contributed by atoms with van der Waals surface area (Å²) in [6.07, 6.45) is 2.90. The molecular weight excluding hydrogens is 668 g/mol. The monoisotopic (exact) mass is 700 g/mol. The van der Waals surface area contributed by atoms with Crippen molar-refractivity contribution in [1.82, 2.24) is 24.8 Å². The van der Waals surface area contributed by atoms with Gasteiger partial charge in [0.15, 0.2) is 11.9 Å². The second-order valence-electron chi connectivity index (χ2n) is 13.9. The van der Waals surface area contributed by atoms with Crippen LogP contribution in [0.3, 0.4) is 0 Å². The van der Waals surface area contributed by atoms with E-state index in [1.165, 1.54) is 23.1 Å². The Labute approximate surface area is 289 Å². The zero-order valence-electron chi connectivity index (χ0n) is 27.3. The van der Waals surface area contributed by atoms with Gasteiger partial charge in [-0.25, -0.2) is 27.3 Å². The van der Waals surface area contributed by atoms with Crippen LogP contribution in [0.25, 0.3) is 32.9 Å². The number of pyridine rings is 1. The predicted molar refractivity (Wildman–Crippen MR) is 179 cm³/mol. The molecule has 2 aromatic carbocycles. The van der Waals surface area contributed by atoms with Gasteiger partial charge >= 0.3 is 12.1 Å². The summed E-state index contributed by atoms with van der Waals surface area (Å²) < 4.78 is 74.9. The van der Waals surface area contributed by atoms with Gasteiger partial charge in [0.25, 0.3) is 6.43 Å². The molecule has 9 rings (SSSR count). The molecule has 0 saturated carbocycles. The first-order valence-electron chi connectivity index (χ1n) is 17.0. The van der Waals surface area contributed by atoms with Crippen LogP contribution in [0.15, 0.2) is 42.5 Å². The minimum atomic E-state index is -3.09. The molecule has 262 valence electrons. The Bertz CT molecular complexity index is 2210. The zero-order chi connectivity index (χ0) is 35.3. The average Bonchev–Trinajstić information content (AvgIpc) is 3.75. The lowest BCUT2D eigenvalue weighted by Gasteiger charge is -2.47. The van der Waals surface area contributed by atoms with Gasteiger partial charge in [-0.15, -0.1) is 6.42 Å². The summed E-state index contributed by atoms with van der Waals surface area (Å²) in [4.78, 5) is 31.3. The number of carbonyl (C=O) groups is 1. The molecule has 1 N–H and O–H groups in total. The molecule has 14 heteroatoms. The van der Waals surface area contributed by atoms with Crippen molar-refractivity contribution in [2.75, 3.05) is 31.1 Å². The second kappa shape index (κ2) is 11.4. The molecule has 4 saturated heterocycles. The van der Waals surface area contributed by atoms with Gasteiger partial charge in [-0.2, -0.15) is 9.97 Å². The number of amides is 1. The molecule has 2 bridgehead atoms. The fraction of sp³-hybridized carbons (Fsp3) is 0.405. The van der Waals surface area contributed by atoms with Crippen LogP contribution in [-0.2, 0) is 0 Å². The van der Waals surface area contributed by atoms with E-state index in [-0.39, 0.29) is 64.0 Å². The highest BCUT2D eigenvalue weighted by Gasteiger charge is 2.56. The van der Waals surface area contributed by atoms with Gasteiger partial charge in [-0.05, 0) is 50.1 Å². The SMILES string of the molecule is C#Cc1c(F)ccc2cccc(-c3nc4c5c(nc(OC[C@]67CCCN6CCC7=C)nc5c3F)N3CC5CCC(C3C(C(F)F)O4)N5C(=O)O)c12. The predicted octanol–water partition coefficient (Wildman–Crippen LogP) is 6.00. The maximum atomic E-state index is 17.2. The van der Waals surface area contributed by atoms with Crippen molar-refractivity contribution in [3.8, 4) is 35.5 Å². The van der Waals surface area contributed by atoms with Gasteiger partial charge in [0.05, 0.1) is 29.2 Å². The van der Waals surface area contributed by atoms with E-state index in [1.807, 2.05) is 0 Å². The number of benzene rings is 2. The number of anilines is 1. The van der Waals surface area contributed by atoms with Crippen molar-refractivity contribution in [2.45, 2.75) is 68.3 Å². The van der Waals surface area contributed by atoms with Crippen LogP contribution in [-0.4, -0.2) is 98.4 Å². The zero-order valence-corrected chi connectivity index (χ0v) is 27.3. The van der Waals surface area contributed by atoms with Gasteiger partial charge in [0.2, 0.25) is 5.88 Å². The third-order valence-electron chi connectivity index (χ3n) is 11.5. The van der Waals surface area contributed by atoms with Gasteiger partial charge in [-0.1, -0.05) is 42.3 Å².